The third kappa shape index (κ3) is 4.37. The van der Waals surface area contributed by atoms with E-state index in [-0.39, 0.29) is 27.8 Å². The Kier molecular flexibility index (Phi) is 5.47. The summed E-state index contributed by atoms with van der Waals surface area (Å²) < 4.78 is 0. The third-order valence-electron chi connectivity index (χ3n) is 3.17. The summed E-state index contributed by atoms with van der Waals surface area (Å²) in [6.07, 6.45) is 0.0590. The Labute approximate surface area is 142 Å². The number of amides is 1. The van der Waals surface area contributed by atoms with Gasteiger partial charge in [-0.2, -0.15) is 0 Å². The van der Waals surface area contributed by atoms with Crippen molar-refractivity contribution in [3.8, 4) is 5.75 Å². The molecule has 0 aliphatic heterocycles. The summed E-state index contributed by atoms with van der Waals surface area (Å²) >= 11 is 11.9. The summed E-state index contributed by atoms with van der Waals surface area (Å²) in [5.41, 5.74) is 0.688. The minimum Gasteiger partial charge on any atom is -0.508 e. The second-order valence-electron chi connectivity index (χ2n) is 4.83. The largest absolute Gasteiger partial charge is 0.508 e. The van der Waals surface area contributed by atoms with Crippen LogP contribution < -0.4 is 5.32 Å². The average Bonchev–Trinajstić information content (AvgIpc) is 2.48. The Hall–Kier alpha value is -2.24. The number of benzene rings is 2. The third-order valence-corrected chi connectivity index (χ3v) is 3.80. The van der Waals surface area contributed by atoms with E-state index in [1.54, 1.807) is 18.2 Å². The van der Waals surface area contributed by atoms with Gasteiger partial charge in [-0.05, 0) is 29.8 Å². The van der Waals surface area contributed by atoms with Crippen LogP contribution in [0.2, 0.25) is 10.0 Å². The quantitative estimate of drug-likeness (QED) is 0.770. The summed E-state index contributed by atoms with van der Waals surface area (Å²) in [5.74, 6) is -1.77. The van der Waals surface area contributed by atoms with Gasteiger partial charge in [0.1, 0.15) is 11.8 Å². The highest BCUT2D eigenvalue weighted by Crippen LogP contribution is 2.24. The number of nitrogens with one attached hydrogen (secondary N) is 1. The van der Waals surface area contributed by atoms with Crippen LogP contribution in [-0.2, 0) is 11.2 Å². The molecule has 0 unspecified atom stereocenters. The molecule has 0 aliphatic carbocycles. The van der Waals surface area contributed by atoms with Crippen molar-refractivity contribution < 1.29 is 19.8 Å². The second kappa shape index (κ2) is 7.35. The van der Waals surface area contributed by atoms with Gasteiger partial charge < -0.3 is 15.5 Å². The van der Waals surface area contributed by atoms with Gasteiger partial charge >= 0.3 is 5.97 Å². The molecule has 3 N–H and O–H groups in total. The van der Waals surface area contributed by atoms with Crippen LogP contribution in [0, 0.1) is 0 Å². The van der Waals surface area contributed by atoms with Crippen molar-refractivity contribution in [1.82, 2.24) is 5.32 Å². The normalized spacial score (nSPS) is 11.7. The number of phenolic OH excluding ortho intramolecular Hbond substituents is 1. The lowest BCUT2D eigenvalue weighted by molar-refractivity contribution is -0.139. The molecule has 0 aromatic heterocycles. The molecule has 0 bridgehead atoms. The molecule has 2 rings (SSSR count). The van der Waals surface area contributed by atoms with Gasteiger partial charge in [-0.25, -0.2) is 4.79 Å². The molecule has 1 amide bonds. The fourth-order valence-corrected chi connectivity index (χ4v) is 2.58. The fourth-order valence-electron chi connectivity index (χ4n) is 2.01. The Morgan fingerprint density at radius 1 is 1.04 bits per heavy atom. The maximum Gasteiger partial charge on any atom is 0.326 e. The highest BCUT2D eigenvalue weighted by atomic mass is 35.5. The molecule has 1 atom stereocenters. The molecule has 5 nitrogen and oxygen atoms in total. The lowest BCUT2D eigenvalue weighted by Crippen LogP contribution is -2.42. The first-order valence-corrected chi connectivity index (χ1v) is 7.39. The fraction of sp³-hybridized carbons (Fsp3) is 0.125. The van der Waals surface area contributed by atoms with E-state index >= 15 is 0 Å². The summed E-state index contributed by atoms with van der Waals surface area (Å²) in [6, 6.07) is 9.49. The standard InChI is InChI=1S/C16H13Cl2NO4/c17-11-2-1-3-12(18)14(11)15(21)19-13(16(22)23)8-9-4-6-10(20)7-5-9/h1-7,13,20H,8H2,(H,19,21)(H,22,23)/t13-/m0/s1. The van der Waals surface area contributed by atoms with Crippen molar-refractivity contribution in [3.63, 3.8) is 0 Å². The second-order valence-corrected chi connectivity index (χ2v) is 5.65. The number of halogens is 2. The van der Waals surface area contributed by atoms with E-state index in [4.69, 9.17) is 23.2 Å². The number of carboxylic acids is 1. The zero-order chi connectivity index (χ0) is 17.0. The average molecular weight is 354 g/mol. The van der Waals surface area contributed by atoms with Crippen LogP contribution in [0.3, 0.4) is 0 Å². The lowest BCUT2D eigenvalue weighted by atomic mass is 10.1. The van der Waals surface area contributed by atoms with Gasteiger partial charge in [0.25, 0.3) is 5.91 Å². The molecular weight excluding hydrogens is 341 g/mol. The molecule has 23 heavy (non-hydrogen) atoms. The van der Waals surface area contributed by atoms with Gasteiger partial charge in [-0.15, -0.1) is 0 Å². The van der Waals surface area contributed by atoms with Gasteiger partial charge in [0.15, 0.2) is 0 Å². The number of hydrogen-bond acceptors (Lipinski definition) is 3. The minimum atomic E-state index is -1.19. The predicted molar refractivity (Wildman–Crippen MR) is 87.2 cm³/mol. The van der Waals surface area contributed by atoms with Gasteiger partial charge in [0.2, 0.25) is 0 Å². The molecular formula is C16H13Cl2NO4. The van der Waals surface area contributed by atoms with Crippen molar-refractivity contribution in [1.29, 1.82) is 0 Å². The van der Waals surface area contributed by atoms with E-state index < -0.39 is 17.9 Å². The molecule has 0 heterocycles. The highest BCUT2D eigenvalue weighted by molar-refractivity contribution is 6.39. The zero-order valence-corrected chi connectivity index (χ0v) is 13.3. The number of aliphatic carboxylic acids is 1. The van der Waals surface area contributed by atoms with E-state index in [2.05, 4.69) is 5.32 Å². The van der Waals surface area contributed by atoms with E-state index in [1.165, 1.54) is 24.3 Å². The summed E-state index contributed by atoms with van der Waals surface area (Å²) in [5, 5.41) is 21.2. The molecule has 7 heteroatoms. The summed E-state index contributed by atoms with van der Waals surface area (Å²) in [6.45, 7) is 0. The van der Waals surface area contributed by atoms with Crippen LogP contribution in [0.5, 0.6) is 5.75 Å². The van der Waals surface area contributed by atoms with E-state index in [9.17, 15) is 19.8 Å². The number of phenols is 1. The first-order chi connectivity index (χ1) is 10.9. The predicted octanol–water partition coefficient (Wildman–Crippen LogP) is 3.12. The van der Waals surface area contributed by atoms with Crippen LogP contribution in [0.4, 0.5) is 0 Å². The van der Waals surface area contributed by atoms with Crippen LogP contribution in [0.15, 0.2) is 42.5 Å². The Bertz CT molecular complexity index is 711. The van der Waals surface area contributed by atoms with Crippen LogP contribution >= 0.6 is 23.2 Å². The smallest absolute Gasteiger partial charge is 0.326 e. The van der Waals surface area contributed by atoms with Crippen molar-refractivity contribution in [2.24, 2.45) is 0 Å². The first kappa shape index (κ1) is 17.1. The van der Waals surface area contributed by atoms with Gasteiger partial charge in [-0.3, -0.25) is 4.79 Å². The Balaban J connectivity index is 2.18. The van der Waals surface area contributed by atoms with Crippen LogP contribution in [-0.4, -0.2) is 28.1 Å². The molecule has 2 aromatic rings. The maximum absolute atomic E-state index is 12.3. The maximum atomic E-state index is 12.3. The first-order valence-electron chi connectivity index (χ1n) is 6.64. The molecule has 0 aliphatic rings. The number of carbonyl (C=O) groups is 2. The van der Waals surface area contributed by atoms with Crippen molar-refractivity contribution >= 4 is 35.1 Å². The van der Waals surface area contributed by atoms with Gasteiger partial charge in [0.05, 0.1) is 15.6 Å². The lowest BCUT2D eigenvalue weighted by Gasteiger charge is -2.16. The van der Waals surface area contributed by atoms with E-state index in [1.807, 2.05) is 0 Å². The molecule has 120 valence electrons. The van der Waals surface area contributed by atoms with E-state index in [0.29, 0.717) is 5.56 Å². The van der Waals surface area contributed by atoms with Gasteiger partial charge in [0, 0.05) is 6.42 Å². The summed E-state index contributed by atoms with van der Waals surface area (Å²) in [7, 11) is 0. The van der Waals surface area contributed by atoms with Crippen molar-refractivity contribution in [2.75, 3.05) is 0 Å². The number of carboxylic acid groups (broad SMARTS) is 1. The van der Waals surface area contributed by atoms with Crippen molar-refractivity contribution in [2.45, 2.75) is 12.5 Å². The molecule has 2 aromatic carbocycles. The monoisotopic (exact) mass is 353 g/mol. The van der Waals surface area contributed by atoms with Crippen LogP contribution in [0.25, 0.3) is 0 Å². The Morgan fingerprint density at radius 3 is 2.13 bits per heavy atom. The molecule has 0 radical (unpaired) electrons. The SMILES string of the molecule is O=C(N[C@@H](Cc1ccc(O)cc1)C(=O)O)c1c(Cl)cccc1Cl. The molecule has 0 spiro atoms. The summed E-state index contributed by atoms with van der Waals surface area (Å²) in [4.78, 5) is 23.6. The van der Waals surface area contributed by atoms with Crippen LogP contribution in [0.1, 0.15) is 15.9 Å². The zero-order valence-electron chi connectivity index (χ0n) is 11.8. The number of rotatable bonds is 5. The number of aromatic hydroxyl groups is 1. The van der Waals surface area contributed by atoms with E-state index in [0.717, 1.165) is 0 Å². The number of hydrogen-bond donors (Lipinski definition) is 3. The molecule has 0 saturated carbocycles. The molecule has 0 fully saturated rings. The molecule has 0 saturated heterocycles. The highest BCUT2D eigenvalue weighted by Gasteiger charge is 2.23. The topological polar surface area (TPSA) is 86.6 Å². The van der Waals surface area contributed by atoms with Crippen molar-refractivity contribution in [3.05, 3.63) is 63.6 Å². The number of carbonyl (C=O) groups excluding carboxylic acids is 1. The Morgan fingerprint density at radius 2 is 1.61 bits per heavy atom. The van der Waals surface area contributed by atoms with Gasteiger partial charge in [-0.1, -0.05) is 41.4 Å². The minimum absolute atomic E-state index is 0.0350.